The van der Waals surface area contributed by atoms with E-state index >= 15 is 0 Å². The second kappa shape index (κ2) is 20.3. The molecule has 1 aromatic heterocycles. The monoisotopic (exact) mass is 701 g/mol. The second-order valence-electron chi connectivity index (χ2n) is 12.3. The van der Waals surface area contributed by atoms with Crippen molar-refractivity contribution in [1.29, 1.82) is 0 Å². The Labute approximate surface area is 290 Å². The van der Waals surface area contributed by atoms with Crippen molar-refractivity contribution in [2.45, 2.75) is 89.0 Å². The van der Waals surface area contributed by atoms with E-state index in [2.05, 4.69) is 31.2 Å². The first-order valence-electron chi connectivity index (χ1n) is 16.4. The van der Waals surface area contributed by atoms with Gasteiger partial charge in [-0.3, -0.25) is 29.0 Å². The SMILES string of the molecule is CC(C)[C@H](NC(=O)[C@H](Cc1c[nH]c2ccccc12)NC(=O)[C@H](CCCCN)NC(=O)[C@@H](N)CCCN=C(N)N)C(=O)N[C@@H](CC(N)=O)C(=O)O. The van der Waals surface area contributed by atoms with Crippen LogP contribution in [0.5, 0.6) is 0 Å². The number of aliphatic imine (C=N–C) groups is 1. The van der Waals surface area contributed by atoms with Gasteiger partial charge in [0.25, 0.3) is 0 Å². The largest absolute Gasteiger partial charge is 0.480 e. The Morgan fingerprint density at radius 3 is 2.08 bits per heavy atom. The smallest absolute Gasteiger partial charge is 0.326 e. The zero-order valence-electron chi connectivity index (χ0n) is 28.4. The van der Waals surface area contributed by atoms with E-state index in [-0.39, 0.29) is 31.8 Å². The third kappa shape index (κ3) is 13.3. The van der Waals surface area contributed by atoms with E-state index < -0.39 is 78.1 Å². The molecule has 0 unspecified atom stereocenters. The van der Waals surface area contributed by atoms with Gasteiger partial charge in [-0.25, -0.2) is 4.79 Å². The van der Waals surface area contributed by atoms with Crippen molar-refractivity contribution < 1.29 is 33.9 Å². The molecular formula is C32H51N11O7. The van der Waals surface area contributed by atoms with Crippen LogP contribution >= 0.6 is 0 Å². The van der Waals surface area contributed by atoms with E-state index in [1.165, 1.54) is 0 Å². The van der Waals surface area contributed by atoms with Crippen molar-refractivity contribution in [2.75, 3.05) is 13.1 Å². The number of rotatable bonds is 22. The van der Waals surface area contributed by atoms with Crippen LogP contribution in [0.2, 0.25) is 0 Å². The number of aliphatic carboxylic acids is 1. The van der Waals surface area contributed by atoms with E-state index in [1.54, 1.807) is 20.0 Å². The van der Waals surface area contributed by atoms with Crippen LogP contribution in [-0.2, 0) is 35.2 Å². The number of guanidine groups is 1. The van der Waals surface area contributed by atoms with Crippen LogP contribution in [0.15, 0.2) is 35.5 Å². The van der Waals surface area contributed by atoms with E-state index in [0.717, 1.165) is 10.9 Å². The summed E-state index contributed by atoms with van der Waals surface area (Å²) in [4.78, 5) is 83.9. The summed E-state index contributed by atoms with van der Waals surface area (Å²) in [5.41, 5.74) is 29.0. The molecule has 18 nitrogen and oxygen atoms in total. The Balaban J connectivity index is 2.35. The predicted molar refractivity (Wildman–Crippen MR) is 187 cm³/mol. The lowest BCUT2D eigenvalue weighted by Crippen LogP contribution is -2.60. The highest BCUT2D eigenvalue weighted by atomic mass is 16.4. The van der Waals surface area contributed by atoms with Gasteiger partial charge in [-0.1, -0.05) is 32.0 Å². The Hall–Kier alpha value is -5.23. The molecule has 5 atom stereocenters. The molecule has 0 radical (unpaired) electrons. The first-order chi connectivity index (χ1) is 23.6. The average molecular weight is 702 g/mol. The highest BCUT2D eigenvalue weighted by molar-refractivity contribution is 5.96. The van der Waals surface area contributed by atoms with Gasteiger partial charge in [-0.15, -0.1) is 0 Å². The summed E-state index contributed by atoms with van der Waals surface area (Å²) in [5, 5.41) is 20.6. The second-order valence-corrected chi connectivity index (χ2v) is 12.3. The average Bonchev–Trinajstić information content (AvgIpc) is 3.46. The number of fused-ring (bicyclic) bond motifs is 1. The number of unbranched alkanes of at least 4 members (excludes halogenated alkanes) is 1. The molecule has 2 rings (SSSR count). The van der Waals surface area contributed by atoms with Crippen LogP contribution in [0, 0.1) is 5.92 Å². The number of H-pyrrole nitrogens is 1. The summed E-state index contributed by atoms with van der Waals surface area (Å²) in [7, 11) is 0. The highest BCUT2D eigenvalue weighted by Crippen LogP contribution is 2.20. The van der Waals surface area contributed by atoms with Crippen LogP contribution in [0.4, 0.5) is 0 Å². The molecule has 2 aromatic rings. The Bertz CT molecular complexity index is 1510. The number of carboxylic acids is 1. The maximum atomic E-state index is 13.9. The standard InChI is InChI=1S/C32H51N11O7/c1-17(2)26(30(48)42-24(31(49)50)15-25(35)44)43-29(47)23(14-18-16-39-21-10-4-3-8-19(18)21)41-28(46)22(11-5-6-12-33)40-27(45)20(34)9-7-13-38-32(36)37/h3-4,8,10,16-17,20,22-24,26,39H,5-7,9,11-15,33-34H2,1-2H3,(H2,35,44)(H,40,45)(H,41,46)(H,42,48)(H,43,47)(H,49,50)(H4,36,37,38)/t20-,22-,23-,24-,26-/m0/s1. The van der Waals surface area contributed by atoms with Gasteiger partial charge in [-0.2, -0.15) is 0 Å². The summed E-state index contributed by atoms with van der Waals surface area (Å²) >= 11 is 0. The van der Waals surface area contributed by atoms with Crippen LogP contribution < -0.4 is 49.9 Å². The fraction of sp³-hybridized carbons (Fsp3) is 0.531. The normalized spacial score (nSPS) is 14.1. The lowest BCUT2D eigenvalue weighted by atomic mass is 9.99. The zero-order valence-corrected chi connectivity index (χ0v) is 28.4. The lowest BCUT2D eigenvalue weighted by molar-refractivity contribution is -0.144. The molecule has 0 bridgehead atoms. The van der Waals surface area contributed by atoms with Crippen molar-refractivity contribution in [3.8, 4) is 0 Å². The molecule has 276 valence electrons. The first-order valence-corrected chi connectivity index (χ1v) is 16.4. The number of para-hydroxylation sites is 1. The number of carbonyl (C=O) groups excluding carboxylic acids is 5. The summed E-state index contributed by atoms with van der Waals surface area (Å²) in [6, 6.07) is 1.19. The number of carboxylic acid groups (broad SMARTS) is 1. The van der Waals surface area contributed by atoms with Gasteiger partial charge < -0.3 is 60.0 Å². The molecule has 1 aromatic carbocycles. The van der Waals surface area contributed by atoms with Crippen LogP contribution in [0.3, 0.4) is 0 Å². The van der Waals surface area contributed by atoms with Gasteiger partial charge in [-0.05, 0) is 56.2 Å². The van der Waals surface area contributed by atoms with Crippen molar-refractivity contribution >= 4 is 52.4 Å². The van der Waals surface area contributed by atoms with E-state index in [1.807, 2.05) is 24.3 Å². The maximum Gasteiger partial charge on any atom is 0.326 e. The van der Waals surface area contributed by atoms with Gasteiger partial charge >= 0.3 is 5.97 Å². The molecule has 0 spiro atoms. The molecule has 1 heterocycles. The lowest BCUT2D eigenvalue weighted by Gasteiger charge is -2.28. The Morgan fingerprint density at radius 2 is 1.46 bits per heavy atom. The molecule has 0 aliphatic rings. The van der Waals surface area contributed by atoms with Crippen LogP contribution in [0.25, 0.3) is 10.9 Å². The minimum Gasteiger partial charge on any atom is -0.480 e. The molecule has 0 saturated heterocycles. The number of amides is 5. The zero-order chi connectivity index (χ0) is 37.4. The molecule has 0 aliphatic carbocycles. The van der Waals surface area contributed by atoms with Gasteiger partial charge in [0.1, 0.15) is 24.2 Å². The van der Waals surface area contributed by atoms with E-state index in [0.29, 0.717) is 31.4 Å². The fourth-order valence-electron chi connectivity index (χ4n) is 5.14. The number of nitrogens with two attached hydrogens (primary N) is 5. The number of nitrogens with one attached hydrogen (secondary N) is 5. The molecule has 18 heteroatoms. The quantitative estimate of drug-likeness (QED) is 0.0355. The van der Waals surface area contributed by atoms with Crippen molar-refractivity contribution in [2.24, 2.45) is 39.6 Å². The highest BCUT2D eigenvalue weighted by Gasteiger charge is 2.33. The summed E-state index contributed by atoms with van der Waals surface area (Å²) in [5.74, 6) is -5.90. The molecular weight excluding hydrogens is 650 g/mol. The first kappa shape index (κ1) is 40.9. The summed E-state index contributed by atoms with van der Waals surface area (Å²) < 4.78 is 0. The number of carbonyl (C=O) groups is 6. The molecule has 16 N–H and O–H groups in total. The van der Waals surface area contributed by atoms with Crippen molar-refractivity contribution in [3.05, 3.63) is 36.0 Å². The minimum absolute atomic E-state index is 0.0127. The van der Waals surface area contributed by atoms with Crippen molar-refractivity contribution in [1.82, 2.24) is 26.3 Å². The number of aromatic amines is 1. The topological polar surface area (TPSA) is 329 Å². The third-order valence-corrected chi connectivity index (χ3v) is 7.88. The number of aromatic nitrogens is 1. The number of hydrogen-bond donors (Lipinski definition) is 11. The van der Waals surface area contributed by atoms with Gasteiger partial charge in [0.15, 0.2) is 5.96 Å². The van der Waals surface area contributed by atoms with Gasteiger partial charge in [0, 0.05) is 30.1 Å². The molecule has 0 aliphatic heterocycles. The van der Waals surface area contributed by atoms with Crippen molar-refractivity contribution in [3.63, 3.8) is 0 Å². The number of hydrogen-bond acceptors (Lipinski definition) is 9. The van der Waals surface area contributed by atoms with Crippen LogP contribution in [0.1, 0.15) is 57.9 Å². The molecule has 0 saturated carbocycles. The summed E-state index contributed by atoms with van der Waals surface area (Å²) in [6.07, 6.45) is 2.95. The molecule has 0 fully saturated rings. The predicted octanol–water partition coefficient (Wildman–Crippen LogP) is -2.22. The number of benzene rings is 1. The molecule has 50 heavy (non-hydrogen) atoms. The fourth-order valence-corrected chi connectivity index (χ4v) is 5.14. The Morgan fingerprint density at radius 1 is 0.820 bits per heavy atom. The number of nitrogens with zero attached hydrogens (tertiary/aromatic N) is 1. The molecule has 5 amide bonds. The van der Waals surface area contributed by atoms with Gasteiger partial charge in [0.2, 0.25) is 29.5 Å². The minimum atomic E-state index is -1.62. The number of primary amides is 1. The van der Waals surface area contributed by atoms with Gasteiger partial charge in [0.05, 0.1) is 12.5 Å². The maximum absolute atomic E-state index is 13.9. The van der Waals surface area contributed by atoms with E-state index in [9.17, 15) is 33.9 Å². The van der Waals surface area contributed by atoms with E-state index in [4.69, 9.17) is 28.7 Å². The Kier molecular flexibility index (Phi) is 16.6. The van der Waals surface area contributed by atoms with Crippen LogP contribution in [-0.4, -0.2) is 94.9 Å². The summed E-state index contributed by atoms with van der Waals surface area (Å²) in [6.45, 7) is 3.89. The third-order valence-electron chi connectivity index (χ3n) is 7.88.